The number of alkyl carbamates (subject to hydrolysis) is 1. The van der Waals surface area contributed by atoms with Crippen LogP contribution in [0.25, 0.3) is 0 Å². The molecule has 1 unspecified atom stereocenters. The monoisotopic (exact) mass is 548 g/mol. The highest BCUT2D eigenvalue weighted by Gasteiger charge is 2.30. The summed E-state index contributed by atoms with van der Waals surface area (Å²) in [5, 5.41) is 8.77. The second-order valence-corrected chi connectivity index (χ2v) is 8.94. The van der Waals surface area contributed by atoms with Crippen LogP contribution in [0.3, 0.4) is 0 Å². The molecule has 1 aromatic carbocycles. The molecular weight excluding hydrogens is 508 g/mol. The fourth-order valence-electron chi connectivity index (χ4n) is 3.86. The largest absolute Gasteiger partial charge is 0.465 e. The third-order valence-corrected chi connectivity index (χ3v) is 5.84. The van der Waals surface area contributed by atoms with Gasteiger partial charge in [-0.3, -0.25) is 14.4 Å². The van der Waals surface area contributed by atoms with Crippen molar-refractivity contribution in [2.45, 2.75) is 51.9 Å². The van der Waals surface area contributed by atoms with Gasteiger partial charge in [-0.1, -0.05) is 43.7 Å². The maximum Gasteiger partial charge on any atom is 0.408 e. The van der Waals surface area contributed by atoms with E-state index in [0.29, 0.717) is 26.1 Å². The van der Waals surface area contributed by atoms with Crippen LogP contribution >= 0.6 is 0 Å². The maximum atomic E-state index is 13.5. The van der Waals surface area contributed by atoms with Crippen molar-refractivity contribution in [1.82, 2.24) is 20.4 Å². The summed E-state index contributed by atoms with van der Waals surface area (Å²) in [5.41, 5.74) is 0.765. The summed E-state index contributed by atoms with van der Waals surface area (Å²) >= 11 is 0. The van der Waals surface area contributed by atoms with Gasteiger partial charge in [0.2, 0.25) is 11.8 Å². The fourth-order valence-corrected chi connectivity index (χ4v) is 3.86. The van der Waals surface area contributed by atoms with Crippen LogP contribution in [-0.2, 0) is 35.2 Å². The first-order valence-electron chi connectivity index (χ1n) is 13.1. The van der Waals surface area contributed by atoms with Crippen LogP contribution in [0.2, 0.25) is 0 Å². The quantitative estimate of drug-likeness (QED) is 0.0935. The molecular formula is C26H40N6O7. The molecule has 2 rings (SSSR count). The third-order valence-electron chi connectivity index (χ3n) is 5.84. The van der Waals surface area contributed by atoms with Crippen LogP contribution in [0, 0.1) is 0 Å². The van der Waals surface area contributed by atoms with Crippen molar-refractivity contribution in [2.75, 3.05) is 45.9 Å². The number of nitrogens with two attached hydrogens (primary N) is 1. The minimum atomic E-state index is -1.26. The number of hydrazone groups is 1. The second kappa shape index (κ2) is 17.6. The first-order chi connectivity index (χ1) is 18.9. The lowest BCUT2D eigenvalue weighted by atomic mass is 10.1. The van der Waals surface area contributed by atoms with Crippen molar-refractivity contribution in [2.24, 2.45) is 10.9 Å². The molecule has 1 aliphatic heterocycles. The van der Waals surface area contributed by atoms with E-state index in [1.165, 1.54) is 11.2 Å². The number of nitrogens with zero attached hydrogens (tertiary/aromatic N) is 3. The Bertz CT molecular complexity index is 946. The van der Waals surface area contributed by atoms with Gasteiger partial charge in [0.1, 0.15) is 25.5 Å². The molecule has 13 nitrogen and oxygen atoms in total. The lowest BCUT2D eigenvalue weighted by Crippen LogP contribution is -2.53. The molecule has 0 bridgehead atoms. The predicted molar refractivity (Wildman–Crippen MR) is 143 cm³/mol. The highest BCUT2D eigenvalue weighted by molar-refractivity contribution is 5.92. The first kappa shape index (κ1) is 31.3. The summed E-state index contributed by atoms with van der Waals surface area (Å²) < 4.78 is 15.9. The normalized spacial score (nSPS) is 15.8. The number of esters is 1. The molecule has 3 amide bonds. The Kier molecular flexibility index (Phi) is 14.2. The van der Waals surface area contributed by atoms with E-state index in [2.05, 4.69) is 15.7 Å². The maximum absolute atomic E-state index is 13.5. The van der Waals surface area contributed by atoms with Crippen molar-refractivity contribution in [1.29, 1.82) is 0 Å². The zero-order valence-electron chi connectivity index (χ0n) is 22.7. The van der Waals surface area contributed by atoms with Gasteiger partial charge in [-0.2, -0.15) is 5.10 Å². The lowest BCUT2D eigenvalue weighted by Gasteiger charge is -2.31. The number of morpholine rings is 1. The number of hydrogen-bond acceptors (Lipinski definition) is 9. The second-order valence-electron chi connectivity index (χ2n) is 8.94. The topological polar surface area (TPSA) is 165 Å². The number of carbonyl (C=O) groups is 4. The van der Waals surface area contributed by atoms with Crippen molar-refractivity contribution < 1.29 is 33.4 Å². The van der Waals surface area contributed by atoms with E-state index in [1.807, 2.05) is 30.0 Å². The summed E-state index contributed by atoms with van der Waals surface area (Å²) in [5.74, 6) is 3.58. The summed E-state index contributed by atoms with van der Waals surface area (Å²) in [4.78, 5) is 54.2. The highest BCUT2D eigenvalue weighted by Crippen LogP contribution is 2.07. The SMILES string of the molecule is CCCCN(CC(=O)OCC)C(=O)C(CC(=O)NC[C@H]1CN(C=NN)CCO1)NC(=O)OCc1ccccc1. The van der Waals surface area contributed by atoms with Gasteiger partial charge in [0.25, 0.3) is 0 Å². The molecule has 4 N–H and O–H groups in total. The van der Waals surface area contributed by atoms with E-state index in [1.54, 1.807) is 19.1 Å². The van der Waals surface area contributed by atoms with Gasteiger partial charge in [-0.05, 0) is 18.9 Å². The van der Waals surface area contributed by atoms with E-state index in [4.69, 9.17) is 20.1 Å². The van der Waals surface area contributed by atoms with Gasteiger partial charge >= 0.3 is 12.1 Å². The smallest absolute Gasteiger partial charge is 0.408 e. The molecule has 1 aliphatic rings. The van der Waals surface area contributed by atoms with Crippen molar-refractivity contribution in [3.05, 3.63) is 35.9 Å². The van der Waals surface area contributed by atoms with Crippen LogP contribution < -0.4 is 16.5 Å². The minimum Gasteiger partial charge on any atom is -0.465 e. The van der Waals surface area contributed by atoms with Gasteiger partial charge in [-0.15, -0.1) is 0 Å². The Morgan fingerprint density at radius 3 is 2.69 bits per heavy atom. The molecule has 1 aromatic rings. The summed E-state index contributed by atoms with van der Waals surface area (Å²) in [7, 11) is 0. The van der Waals surface area contributed by atoms with Gasteiger partial charge < -0.3 is 40.5 Å². The van der Waals surface area contributed by atoms with Gasteiger partial charge in [0.05, 0.1) is 25.7 Å². The average Bonchev–Trinajstić information content (AvgIpc) is 2.93. The number of benzene rings is 1. The number of ether oxygens (including phenoxy) is 3. The Hall–Kier alpha value is -3.87. The summed E-state index contributed by atoms with van der Waals surface area (Å²) in [6, 6.07) is 7.80. The predicted octanol–water partition coefficient (Wildman–Crippen LogP) is 0.582. The third kappa shape index (κ3) is 12.0. The average molecular weight is 549 g/mol. The van der Waals surface area contributed by atoms with Crippen LogP contribution in [0.15, 0.2) is 35.4 Å². The summed E-state index contributed by atoms with van der Waals surface area (Å²) in [6.45, 7) is 5.50. The highest BCUT2D eigenvalue weighted by atomic mass is 16.5. The molecule has 2 atom stereocenters. The molecule has 0 spiro atoms. The number of unbranched alkanes of at least 4 members (excludes halogenated alkanes) is 1. The molecule has 1 saturated heterocycles. The summed E-state index contributed by atoms with van der Waals surface area (Å²) in [6.07, 6.45) is 1.39. The van der Waals surface area contributed by atoms with E-state index >= 15 is 0 Å². The Morgan fingerprint density at radius 2 is 2.00 bits per heavy atom. The number of hydrogen-bond donors (Lipinski definition) is 3. The fraction of sp³-hybridized carbons (Fsp3) is 0.577. The number of amides is 3. The van der Waals surface area contributed by atoms with Crippen LogP contribution in [0.4, 0.5) is 4.79 Å². The Labute approximate surface area is 229 Å². The van der Waals surface area contributed by atoms with Crippen molar-refractivity contribution in [3.8, 4) is 0 Å². The number of nitrogens with one attached hydrogen (secondary N) is 2. The van der Waals surface area contributed by atoms with Crippen molar-refractivity contribution >= 4 is 30.2 Å². The van der Waals surface area contributed by atoms with Gasteiger partial charge in [0.15, 0.2) is 0 Å². The van der Waals surface area contributed by atoms with Crippen molar-refractivity contribution in [3.63, 3.8) is 0 Å². The van der Waals surface area contributed by atoms with Gasteiger partial charge in [0, 0.05) is 26.2 Å². The van der Waals surface area contributed by atoms with Crippen LogP contribution in [0.1, 0.15) is 38.7 Å². The van der Waals surface area contributed by atoms with E-state index in [-0.39, 0.29) is 45.4 Å². The van der Waals surface area contributed by atoms with Gasteiger partial charge in [-0.25, -0.2) is 4.79 Å². The van der Waals surface area contributed by atoms with E-state index in [0.717, 1.165) is 12.0 Å². The molecule has 0 radical (unpaired) electrons. The van der Waals surface area contributed by atoms with Crippen LogP contribution in [-0.4, -0.2) is 98.1 Å². The number of carbonyl (C=O) groups excluding carboxylic acids is 4. The molecule has 1 fully saturated rings. The molecule has 0 aromatic heterocycles. The molecule has 1 heterocycles. The van der Waals surface area contributed by atoms with E-state index in [9.17, 15) is 19.2 Å². The minimum absolute atomic E-state index is 0.0101. The Morgan fingerprint density at radius 1 is 1.23 bits per heavy atom. The first-order valence-corrected chi connectivity index (χ1v) is 13.1. The number of rotatable bonds is 15. The molecule has 0 saturated carbocycles. The Balaban J connectivity index is 2.06. The lowest BCUT2D eigenvalue weighted by molar-refractivity contribution is -0.149. The zero-order chi connectivity index (χ0) is 28.5. The zero-order valence-corrected chi connectivity index (χ0v) is 22.7. The standard InChI is InChI=1S/C26H40N6O7/c1-3-5-11-32(17-24(34)37-4-2)25(35)22(30-26(36)39-18-20-9-7-6-8-10-20)14-23(33)28-15-21-16-31(19-29-27)12-13-38-21/h6-10,19,21-22H,3-5,11-18,27H2,1-2H3,(H,28,33)(H,30,36)/t21-,22?/m0/s1. The molecule has 39 heavy (non-hydrogen) atoms. The molecule has 216 valence electrons. The molecule has 13 heteroatoms. The molecule has 0 aliphatic carbocycles. The van der Waals surface area contributed by atoms with Crippen LogP contribution in [0.5, 0.6) is 0 Å². The van der Waals surface area contributed by atoms with E-state index < -0.39 is 29.9 Å².